The molecular formula is C11H12F5N. The molecule has 0 spiro atoms. The fourth-order valence-corrected chi connectivity index (χ4v) is 1.39. The molecule has 0 heterocycles. The molecule has 0 aliphatic carbocycles. The first-order chi connectivity index (χ1) is 7.79. The van der Waals surface area contributed by atoms with Gasteiger partial charge in [0.25, 0.3) is 0 Å². The molecule has 0 aliphatic rings. The molecule has 1 rings (SSSR count). The lowest BCUT2D eigenvalue weighted by Gasteiger charge is -2.16. The van der Waals surface area contributed by atoms with Crippen molar-refractivity contribution in [1.29, 1.82) is 0 Å². The van der Waals surface area contributed by atoms with Crippen molar-refractivity contribution < 1.29 is 22.0 Å². The van der Waals surface area contributed by atoms with E-state index in [4.69, 9.17) is 0 Å². The van der Waals surface area contributed by atoms with Crippen LogP contribution in [0.3, 0.4) is 0 Å². The van der Waals surface area contributed by atoms with Crippen LogP contribution in [-0.2, 0) is 6.54 Å². The summed E-state index contributed by atoms with van der Waals surface area (Å²) in [6, 6.07) is 2.74. The highest BCUT2D eigenvalue weighted by Crippen LogP contribution is 2.21. The van der Waals surface area contributed by atoms with Crippen LogP contribution in [0.25, 0.3) is 0 Å². The monoisotopic (exact) mass is 253 g/mol. The van der Waals surface area contributed by atoms with Crippen LogP contribution in [0.2, 0.25) is 0 Å². The van der Waals surface area contributed by atoms with Gasteiger partial charge in [-0.05, 0) is 13.0 Å². The predicted octanol–water partition coefficient (Wildman–Crippen LogP) is 3.40. The summed E-state index contributed by atoms with van der Waals surface area (Å²) in [6.45, 7) is 1.20. The van der Waals surface area contributed by atoms with Crippen molar-refractivity contribution in [2.45, 2.75) is 32.1 Å². The molecule has 0 fully saturated rings. The standard InChI is InChI=1S/C11H12F5N/c1-7(5-11(14,15)16)17-6-8-3-2-4-9(12)10(8)13/h2-4,7,17H,5-6H2,1H3. The zero-order chi connectivity index (χ0) is 13.1. The van der Waals surface area contributed by atoms with Gasteiger partial charge < -0.3 is 5.32 Å². The molecule has 0 radical (unpaired) electrons. The average Bonchev–Trinajstić information content (AvgIpc) is 2.18. The van der Waals surface area contributed by atoms with Crippen molar-refractivity contribution in [3.05, 3.63) is 35.4 Å². The first kappa shape index (κ1) is 13.9. The molecule has 0 saturated carbocycles. The fraction of sp³-hybridized carbons (Fsp3) is 0.455. The van der Waals surface area contributed by atoms with Gasteiger partial charge in [0.15, 0.2) is 11.6 Å². The fourth-order valence-electron chi connectivity index (χ4n) is 1.39. The quantitative estimate of drug-likeness (QED) is 0.811. The van der Waals surface area contributed by atoms with E-state index in [-0.39, 0.29) is 12.1 Å². The number of benzene rings is 1. The summed E-state index contributed by atoms with van der Waals surface area (Å²) in [5.41, 5.74) is 0.0130. The number of hydrogen-bond donors (Lipinski definition) is 1. The number of alkyl halides is 3. The normalized spacial score (nSPS) is 13.8. The van der Waals surface area contributed by atoms with E-state index in [9.17, 15) is 22.0 Å². The smallest absolute Gasteiger partial charge is 0.310 e. The number of rotatable bonds is 4. The molecule has 0 saturated heterocycles. The molecule has 1 aromatic carbocycles. The molecule has 1 unspecified atom stereocenters. The molecule has 1 atom stereocenters. The van der Waals surface area contributed by atoms with E-state index < -0.39 is 30.3 Å². The number of halogens is 5. The van der Waals surface area contributed by atoms with Gasteiger partial charge in [-0.25, -0.2) is 8.78 Å². The second-order valence-electron chi connectivity index (χ2n) is 3.81. The zero-order valence-corrected chi connectivity index (χ0v) is 9.11. The molecule has 1 N–H and O–H groups in total. The third kappa shape index (κ3) is 4.68. The summed E-state index contributed by atoms with van der Waals surface area (Å²) < 4.78 is 61.9. The Labute approximate surface area is 95.6 Å². The van der Waals surface area contributed by atoms with Crippen molar-refractivity contribution in [3.63, 3.8) is 0 Å². The molecule has 1 nitrogen and oxygen atoms in total. The Balaban J connectivity index is 2.53. The highest BCUT2D eigenvalue weighted by Gasteiger charge is 2.29. The van der Waals surface area contributed by atoms with Crippen LogP contribution in [0.4, 0.5) is 22.0 Å². The summed E-state index contributed by atoms with van der Waals surface area (Å²) in [5, 5.41) is 2.50. The molecular weight excluding hydrogens is 241 g/mol. The van der Waals surface area contributed by atoms with Crippen molar-refractivity contribution in [2.75, 3.05) is 0 Å². The number of hydrogen-bond acceptors (Lipinski definition) is 1. The summed E-state index contributed by atoms with van der Waals surface area (Å²) in [5.74, 6) is -2.04. The van der Waals surface area contributed by atoms with Gasteiger partial charge in [-0.1, -0.05) is 12.1 Å². The van der Waals surface area contributed by atoms with E-state index in [0.29, 0.717) is 0 Å². The van der Waals surface area contributed by atoms with E-state index in [1.165, 1.54) is 19.1 Å². The Bertz CT molecular complexity index is 375. The van der Waals surface area contributed by atoms with Gasteiger partial charge in [-0.2, -0.15) is 13.2 Å². The van der Waals surface area contributed by atoms with Crippen LogP contribution < -0.4 is 5.32 Å². The lowest BCUT2D eigenvalue weighted by molar-refractivity contribution is -0.139. The minimum atomic E-state index is -4.27. The summed E-state index contributed by atoms with van der Waals surface area (Å²) in [4.78, 5) is 0. The van der Waals surface area contributed by atoms with E-state index in [1.807, 2.05) is 0 Å². The second-order valence-corrected chi connectivity index (χ2v) is 3.81. The first-order valence-electron chi connectivity index (χ1n) is 5.02. The molecule has 0 aliphatic heterocycles. The third-order valence-corrected chi connectivity index (χ3v) is 2.21. The molecule has 0 bridgehead atoms. The van der Waals surface area contributed by atoms with Crippen LogP contribution in [0, 0.1) is 11.6 Å². The topological polar surface area (TPSA) is 12.0 Å². The summed E-state index contributed by atoms with van der Waals surface area (Å²) >= 11 is 0. The van der Waals surface area contributed by atoms with Gasteiger partial charge >= 0.3 is 6.18 Å². The molecule has 1 aromatic rings. The van der Waals surface area contributed by atoms with Gasteiger partial charge in [0.1, 0.15) is 0 Å². The minimum Gasteiger partial charge on any atom is -0.310 e. The molecule has 0 amide bonds. The molecule has 6 heteroatoms. The van der Waals surface area contributed by atoms with Gasteiger partial charge in [0.2, 0.25) is 0 Å². The largest absolute Gasteiger partial charge is 0.390 e. The van der Waals surface area contributed by atoms with Crippen LogP contribution >= 0.6 is 0 Å². The highest BCUT2D eigenvalue weighted by molar-refractivity contribution is 5.18. The minimum absolute atomic E-state index is 0.0130. The first-order valence-corrected chi connectivity index (χ1v) is 5.02. The Morgan fingerprint density at radius 2 is 1.88 bits per heavy atom. The van der Waals surface area contributed by atoms with Crippen LogP contribution in [0.1, 0.15) is 18.9 Å². The van der Waals surface area contributed by atoms with Gasteiger partial charge in [-0.3, -0.25) is 0 Å². The lowest BCUT2D eigenvalue weighted by Crippen LogP contribution is -2.31. The highest BCUT2D eigenvalue weighted by atomic mass is 19.4. The Morgan fingerprint density at radius 1 is 1.24 bits per heavy atom. The van der Waals surface area contributed by atoms with Crippen LogP contribution in [0.5, 0.6) is 0 Å². The van der Waals surface area contributed by atoms with Crippen molar-refractivity contribution in [2.24, 2.45) is 0 Å². The van der Waals surface area contributed by atoms with E-state index in [2.05, 4.69) is 5.32 Å². The second kappa shape index (κ2) is 5.44. The van der Waals surface area contributed by atoms with Crippen molar-refractivity contribution in [3.8, 4) is 0 Å². The summed E-state index contributed by atoms with van der Waals surface area (Å²) in [7, 11) is 0. The van der Waals surface area contributed by atoms with Crippen molar-refractivity contribution in [1.82, 2.24) is 5.32 Å². The van der Waals surface area contributed by atoms with Gasteiger partial charge in [0.05, 0.1) is 6.42 Å². The Hall–Kier alpha value is -1.17. The van der Waals surface area contributed by atoms with E-state index in [1.54, 1.807) is 0 Å². The van der Waals surface area contributed by atoms with Crippen molar-refractivity contribution >= 4 is 0 Å². The van der Waals surface area contributed by atoms with E-state index >= 15 is 0 Å². The van der Waals surface area contributed by atoms with E-state index in [0.717, 1.165) is 6.07 Å². The maximum absolute atomic E-state index is 13.2. The van der Waals surface area contributed by atoms with Gasteiger partial charge in [0, 0.05) is 18.2 Å². The Kier molecular flexibility index (Phi) is 4.45. The summed E-state index contributed by atoms with van der Waals surface area (Å²) in [6.07, 6.45) is -5.28. The number of nitrogens with one attached hydrogen (secondary N) is 1. The van der Waals surface area contributed by atoms with Crippen LogP contribution in [0.15, 0.2) is 18.2 Å². The lowest BCUT2D eigenvalue weighted by atomic mass is 10.1. The molecule has 17 heavy (non-hydrogen) atoms. The third-order valence-electron chi connectivity index (χ3n) is 2.21. The molecule has 0 aromatic heterocycles. The predicted molar refractivity (Wildman–Crippen MR) is 53.3 cm³/mol. The SMILES string of the molecule is CC(CC(F)(F)F)NCc1cccc(F)c1F. The average molecular weight is 253 g/mol. The van der Waals surface area contributed by atoms with Gasteiger partial charge in [-0.15, -0.1) is 0 Å². The maximum atomic E-state index is 13.2. The zero-order valence-electron chi connectivity index (χ0n) is 9.11. The molecule has 96 valence electrons. The van der Waals surface area contributed by atoms with Crippen LogP contribution in [-0.4, -0.2) is 12.2 Å². The maximum Gasteiger partial charge on any atom is 0.390 e. The Morgan fingerprint density at radius 3 is 2.47 bits per heavy atom.